The zero-order chi connectivity index (χ0) is 30.7. The van der Waals surface area contributed by atoms with Crippen LogP contribution in [0, 0.1) is 17.5 Å². The van der Waals surface area contributed by atoms with Crippen LogP contribution in [0.15, 0.2) is 36.5 Å². The van der Waals surface area contributed by atoms with E-state index in [9.17, 15) is 44.6 Å². The van der Waals surface area contributed by atoms with E-state index in [1.165, 1.54) is 11.8 Å². The SMILES string of the molecule is C[C@@H]1CN(c2ncc([C@@H](C)O)cc2C(F)(F)F)CCN1c1nc2cc(C(F)(F)F)cc(-c3cc(F)c(F)c(F)c3)c2[nH]1. The highest BCUT2D eigenvalue weighted by atomic mass is 19.4. The van der Waals surface area contributed by atoms with E-state index in [4.69, 9.17) is 0 Å². The van der Waals surface area contributed by atoms with E-state index < -0.39 is 53.1 Å². The lowest BCUT2D eigenvalue weighted by molar-refractivity contribution is -0.138. The monoisotopic (exact) mass is 603 g/mol. The van der Waals surface area contributed by atoms with Crippen LogP contribution in [0.2, 0.25) is 0 Å². The van der Waals surface area contributed by atoms with Gasteiger partial charge < -0.3 is 19.9 Å². The predicted molar refractivity (Wildman–Crippen MR) is 135 cm³/mol. The van der Waals surface area contributed by atoms with Gasteiger partial charge in [-0.2, -0.15) is 26.3 Å². The van der Waals surface area contributed by atoms with Crippen LogP contribution in [0.4, 0.5) is 51.3 Å². The smallest absolute Gasteiger partial charge is 0.389 e. The second-order valence-electron chi connectivity index (χ2n) is 10.0. The zero-order valence-electron chi connectivity index (χ0n) is 21.9. The van der Waals surface area contributed by atoms with Crippen LogP contribution in [0.3, 0.4) is 0 Å². The van der Waals surface area contributed by atoms with Gasteiger partial charge in [0.25, 0.3) is 0 Å². The van der Waals surface area contributed by atoms with Gasteiger partial charge in [0.15, 0.2) is 17.5 Å². The molecule has 42 heavy (non-hydrogen) atoms. The molecule has 1 aliphatic rings. The van der Waals surface area contributed by atoms with E-state index in [1.54, 1.807) is 11.8 Å². The number of aromatic amines is 1. The maximum Gasteiger partial charge on any atom is 0.419 e. The van der Waals surface area contributed by atoms with Gasteiger partial charge in [0.05, 0.1) is 28.3 Å². The number of fused-ring (bicyclic) bond motifs is 1. The van der Waals surface area contributed by atoms with Crippen molar-refractivity contribution in [2.24, 2.45) is 0 Å². The van der Waals surface area contributed by atoms with E-state index in [2.05, 4.69) is 15.0 Å². The Morgan fingerprint density at radius 3 is 2.19 bits per heavy atom. The summed E-state index contributed by atoms with van der Waals surface area (Å²) < 4.78 is 124. The largest absolute Gasteiger partial charge is 0.419 e. The Bertz CT molecular complexity index is 1620. The third-order valence-corrected chi connectivity index (χ3v) is 7.08. The molecule has 2 N–H and O–H groups in total. The lowest BCUT2D eigenvalue weighted by Crippen LogP contribution is -2.53. The van der Waals surface area contributed by atoms with Crippen LogP contribution in [-0.4, -0.2) is 45.7 Å². The third-order valence-electron chi connectivity index (χ3n) is 7.08. The van der Waals surface area contributed by atoms with Gasteiger partial charge in [-0.3, -0.25) is 0 Å². The number of anilines is 2. The fourth-order valence-electron chi connectivity index (χ4n) is 4.97. The summed E-state index contributed by atoms with van der Waals surface area (Å²) in [6.45, 7) is 3.12. The number of benzene rings is 2. The van der Waals surface area contributed by atoms with E-state index in [1.807, 2.05) is 0 Å². The van der Waals surface area contributed by atoms with Gasteiger partial charge in [-0.15, -0.1) is 0 Å². The maximum atomic E-state index is 14.0. The Morgan fingerprint density at radius 2 is 1.62 bits per heavy atom. The van der Waals surface area contributed by atoms with Crippen molar-refractivity contribution in [1.82, 2.24) is 15.0 Å². The molecule has 6 nitrogen and oxygen atoms in total. The molecule has 1 aliphatic heterocycles. The number of H-pyrrole nitrogens is 1. The number of imidazole rings is 1. The van der Waals surface area contributed by atoms with E-state index in [0.29, 0.717) is 18.2 Å². The minimum Gasteiger partial charge on any atom is -0.389 e. The van der Waals surface area contributed by atoms with Crippen LogP contribution in [-0.2, 0) is 12.4 Å². The minimum absolute atomic E-state index is 0.00465. The zero-order valence-corrected chi connectivity index (χ0v) is 21.9. The van der Waals surface area contributed by atoms with Crippen molar-refractivity contribution >= 4 is 22.8 Å². The first-order valence-corrected chi connectivity index (χ1v) is 12.6. The molecule has 0 aliphatic carbocycles. The third kappa shape index (κ3) is 5.44. The first kappa shape index (κ1) is 29.5. The summed E-state index contributed by atoms with van der Waals surface area (Å²) in [5.74, 6) is -5.21. The Labute approximate surface area is 232 Å². The molecule has 3 heterocycles. The van der Waals surface area contributed by atoms with Crippen LogP contribution in [0.25, 0.3) is 22.2 Å². The number of hydrogen-bond donors (Lipinski definition) is 2. The van der Waals surface area contributed by atoms with Gasteiger partial charge in [0, 0.05) is 37.4 Å². The number of nitrogens with zero attached hydrogens (tertiary/aromatic N) is 4. The van der Waals surface area contributed by atoms with Gasteiger partial charge in [-0.25, -0.2) is 23.1 Å². The highest BCUT2D eigenvalue weighted by Crippen LogP contribution is 2.40. The summed E-state index contributed by atoms with van der Waals surface area (Å²) >= 11 is 0. The van der Waals surface area contributed by atoms with Crippen molar-refractivity contribution in [3.63, 3.8) is 0 Å². The van der Waals surface area contributed by atoms with Crippen molar-refractivity contribution in [2.45, 2.75) is 38.3 Å². The normalized spacial score (nSPS) is 17.3. The summed E-state index contributed by atoms with van der Waals surface area (Å²) in [5, 5.41) is 9.72. The minimum atomic E-state index is -4.84. The summed E-state index contributed by atoms with van der Waals surface area (Å²) in [6.07, 6.45) is -9.60. The van der Waals surface area contributed by atoms with Crippen LogP contribution in [0.1, 0.15) is 36.6 Å². The van der Waals surface area contributed by atoms with Gasteiger partial charge in [0.2, 0.25) is 5.95 Å². The number of piperazine rings is 1. The first-order valence-electron chi connectivity index (χ1n) is 12.6. The van der Waals surface area contributed by atoms with Crippen molar-refractivity contribution in [2.75, 3.05) is 29.4 Å². The van der Waals surface area contributed by atoms with Gasteiger partial charge in [-0.05, 0) is 55.3 Å². The van der Waals surface area contributed by atoms with Crippen molar-refractivity contribution in [3.8, 4) is 11.1 Å². The molecule has 0 amide bonds. The van der Waals surface area contributed by atoms with Crippen molar-refractivity contribution < 1.29 is 44.6 Å². The molecule has 224 valence electrons. The highest BCUT2D eigenvalue weighted by molar-refractivity contribution is 5.94. The molecule has 2 atom stereocenters. The summed E-state index contributed by atoms with van der Waals surface area (Å²) in [4.78, 5) is 14.1. The lowest BCUT2D eigenvalue weighted by Gasteiger charge is -2.41. The lowest BCUT2D eigenvalue weighted by atomic mass is 10.0. The fraction of sp³-hybridized carbons (Fsp3) is 0.333. The Morgan fingerprint density at radius 1 is 0.952 bits per heavy atom. The number of aromatic nitrogens is 3. The Hall–Kier alpha value is -4.01. The highest BCUT2D eigenvalue weighted by Gasteiger charge is 2.38. The van der Waals surface area contributed by atoms with Crippen molar-refractivity contribution in [3.05, 3.63) is 70.7 Å². The number of hydrogen-bond acceptors (Lipinski definition) is 5. The molecule has 0 saturated carbocycles. The molecule has 5 rings (SSSR count). The molecule has 15 heteroatoms. The molecule has 4 aromatic rings. The Balaban J connectivity index is 1.52. The average Bonchev–Trinajstić information content (AvgIpc) is 3.33. The number of alkyl halides is 6. The molecular weight excluding hydrogens is 581 g/mol. The summed E-state index contributed by atoms with van der Waals surface area (Å²) in [5.41, 5.74) is -3.01. The van der Waals surface area contributed by atoms with Crippen LogP contribution < -0.4 is 9.80 Å². The first-order chi connectivity index (χ1) is 19.5. The summed E-state index contributed by atoms with van der Waals surface area (Å²) in [7, 11) is 0. The van der Waals surface area contributed by atoms with Gasteiger partial charge in [0.1, 0.15) is 5.82 Å². The number of nitrogens with one attached hydrogen (secondary N) is 1. The van der Waals surface area contributed by atoms with Gasteiger partial charge >= 0.3 is 12.4 Å². The second-order valence-corrected chi connectivity index (χ2v) is 10.0. The number of pyridine rings is 1. The maximum absolute atomic E-state index is 14.0. The fourth-order valence-corrected chi connectivity index (χ4v) is 4.97. The molecule has 2 aromatic carbocycles. The molecule has 1 fully saturated rings. The molecule has 0 radical (unpaired) electrons. The average molecular weight is 603 g/mol. The van der Waals surface area contributed by atoms with Crippen LogP contribution >= 0.6 is 0 Å². The number of aliphatic hydroxyl groups excluding tert-OH is 1. The molecule has 0 spiro atoms. The Kier molecular flexibility index (Phi) is 7.28. The number of rotatable bonds is 4. The van der Waals surface area contributed by atoms with Crippen LogP contribution in [0.5, 0.6) is 0 Å². The predicted octanol–water partition coefficient (Wildman–Crippen LogP) is 6.85. The van der Waals surface area contributed by atoms with Crippen molar-refractivity contribution in [1.29, 1.82) is 0 Å². The van der Waals surface area contributed by atoms with E-state index in [-0.39, 0.29) is 59.1 Å². The topological polar surface area (TPSA) is 68.3 Å². The van der Waals surface area contributed by atoms with Gasteiger partial charge in [-0.1, -0.05) is 0 Å². The molecule has 0 bridgehead atoms. The molecule has 2 aromatic heterocycles. The standard InChI is InChI=1S/C27H22F9N5O/c1-12-11-40(24-18(27(34,35)36)5-15(10-37-24)13(2)42)3-4-41(12)25-38-21-9-16(26(31,32)33)8-17(23(21)39-25)14-6-19(28)22(30)20(29)7-14/h5-10,12-13,42H,3-4,11H2,1-2H3,(H,38,39)/t12-,13-/m1/s1. The molecular formula is C27H22F9N5O. The quantitative estimate of drug-likeness (QED) is 0.197. The number of aliphatic hydroxyl groups is 1. The second kappa shape index (κ2) is 10.4. The summed E-state index contributed by atoms with van der Waals surface area (Å²) in [6, 6.07) is 2.87. The van der Waals surface area contributed by atoms with E-state index in [0.717, 1.165) is 18.3 Å². The van der Waals surface area contributed by atoms with E-state index >= 15 is 0 Å². The molecule has 0 unspecified atom stereocenters. The molecule has 1 saturated heterocycles. The number of halogens is 9.